The Balaban J connectivity index is 1.57. The van der Waals surface area contributed by atoms with E-state index in [4.69, 9.17) is 9.26 Å². The number of aromatic nitrogens is 2. The molecule has 6 nitrogen and oxygen atoms in total. The molecule has 0 bridgehead atoms. The molecule has 1 atom stereocenters. The van der Waals surface area contributed by atoms with E-state index in [-0.39, 0.29) is 0 Å². The Morgan fingerprint density at radius 2 is 1.88 bits per heavy atom. The average molecular weight is 334 g/mol. The van der Waals surface area contributed by atoms with Crippen LogP contribution in [0.25, 0.3) is 22.8 Å². The van der Waals surface area contributed by atoms with Crippen molar-refractivity contribution < 1.29 is 9.26 Å². The number of hydrogen-bond donors (Lipinski definition) is 1. The first kappa shape index (κ1) is 15.4. The molecule has 0 saturated heterocycles. The molecule has 0 spiro atoms. The molecule has 0 radical (unpaired) electrons. The maximum Gasteiger partial charge on any atom is 0.258 e. The third-order valence-corrected chi connectivity index (χ3v) is 4.07. The van der Waals surface area contributed by atoms with E-state index in [1.807, 2.05) is 48.5 Å². The largest absolute Gasteiger partial charge is 0.497 e. The molecule has 126 valence electrons. The van der Waals surface area contributed by atoms with E-state index >= 15 is 0 Å². The van der Waals surface area contributed by atoms with Gasteiger partial charge >= 0.3 is 0 Å². The predicted octanol–water partition coefficient (Wildman–Crippen LogP) is 3.15. The summed E-state index contributed by atoms with van der Waals surface area (Å²) in [5, 5.41) is 7.44. The quantitative estimate of drug-likeness (QED) is 0.793. The molecule has 0 fully saturated rings. The van der Waals surface area contributed by atoms with Crippen molar-refractivity contribution in [3.05, 3.63) is 54.1 Å². The molecule has 3 aromatic rings. The molecule has 1 unspecified atom stereocenters. The molecule has 2 heterocycles. The zero-order chi connectivity index (χ0) is 17.2. The van der Waals surface area contributed by atoms with Crippen LogP contribution in [-0.2, 0) is 0 Å². The first-order chi connectivity index (χ1) is 12.2. The molecule has 6 heteroatoms. The molecule has 1 aliphatic rings. The van der Waals surface area contributed by atoms with Gasteiger partial charge in [-0.1, -0.05) is 35.5 Å². The van der Waals surface area contributed by atoms with Gasteiger partial charge in [0, 0.05) is 22.7 Å². The van der Waals surface area contributed by atoms with Crippen LogP contribution in [0.2, 0.25) is 0 Å². The molecule has 1 N–H and O–H groups in total. The summed E-state index contributed by atoms with van der Waals surface area (Å²) in [6.07, 6.45) is 0. The summed E-state index contributed by atoms with van der Waals surface area (Å²) in [4.78, 5) is 8.98. The lowest BCUT2D eigenvalue weighted by Crippen LogP contribution is -2.27. The van der Waals surface area contributed by atoms with E-state index in [0.717, 1.165) is 34.8 Å². The van der Waals surface area contributed by atoms with Crippen molar-refractivity contribution in [2.75, 3.05) is 13.7 Å². The predicted molar refractivity (Wildman–Crippen MR) is 95.7 cm³/mol. The molecule has 4 rings (SSSR count). The molecule has 0 amide bonds. The number of hydrogen-bond acceptors (Lipinski definition) is 6. The molecular weight excluding hydrogens is 316 g/mol. The van der Waals surface area contributed by atoms with Gasteiger partial charge in [0.1, 0.15) is 11.6 Å². The Labute approximate surface area is 145 Å². The summed E-state index contributed by atoms with van der Waals surface area (Å²) in [6, 6.07) is 15.9. The van der Waals surface area contributed by atoms with Crippen molar-refractivity contribution >= 4 is 5.84 Å². The van der Waals surface area contributed by atoms with E-state index < -0.39 is 0 Å². The summed E-state index contributed by atoms with van der Waals surface area (Å²) in [6.45, 7) is 2.93. The zero-order valence-electron chi connectivity index (χ0n) is 14.1. The van der Waals surface area contributed by atoms with Gasteiger partial charge in [0.2, 0.25) is 5.82 Å². The fourth-order valence-corrected chi connectivity index (χ4v) is 2.72. The summed E-state index contributed by atoms with van der Waals surface area (Å²) in [5.41, 5.74) is 2.78. The Bertz CT molecular complexity index is 915. The molecule has 1 aromatic heterocycles. The fourth-order valence-electron chi connectivity index (χ4n) is 2.72. The number of nitrogens with one attached hydrogen (secondary N) is 1. The van der Waals surface area contributed by atoms with Crippen LogP contribution < -0.4 is 10.1 Å². The number of methoxy groups -OCH3 is 1. The molecule has 0 aliphatic carbocycles. The van der Waals surface area contributed by atoms with Gasteiger partial charge in [0.05, 0.1) is 13.7 Å². The summed E-state index contributed by atoms with van der Waals surface area (Å²) in [5.74, 6) is 2.71. The maximum atomic E-state index is 5.40. The van der Waals surface area contributed by atoms with Crippen LogP contribution in [0, 0.1) is 0 Å². The summed E-state index contributed by atoms with van der Waals surface area (Å²) in [7, 11) is 1.63. The van der Waals surface area contributed by atoms with Crippen molar-refractivity contribution in [2.24, 2.45) is 4.99 Å². The Kier molecular flexibility index (Phi) is 3.93. The SMILES string of the molecule is COc1cccc(-c2nc(-c3ccc(C4=NCC(C)N4)cc3)no2)c1. The van der Waals surface area contributed by atoms with Crippen molar-refractivity contribution in [3.8, 4) is 28.6 Å². The highest BCUT2D eigenvalue weighted by Crippen LogP contribution is 2.25. The minimum absolute atomic E-state index is 0.386. The highest BCUT2D eigenvalue weighted by Gasteiger charge is 2.15. The van der Waals surface area contributed by atoms with E-state index in [2.05, 4.69) is 27.4 Å². The smallest absolute Gasteiger partial charge is 0.258 e. The fraction of sp³-hybridized carbons (Fsp3) is 0.211. The van der Waals surface area contributed by atoms with Gasteiger partial charge in [-0.25, -0.2) is 0 Å². The third kappa shape index (κ3) is 3.10. The Morgan fingerprint density at radius 3 is 2.60 bits per heavy atom. The zero-order valence-corrected chi connectivity index (χ0v) is 14.1. The number of amidine groups is 1. The van der Waals surface area contributed by atoms with Crippen molar-refractivity contribution in [1.29, 1.82) is 0 Å². The second-order valence-corrected chi connectivity index (χ2v) is 5.97. The van der Waals surface area contributed by atoms with Crippen LogP contribution in [0.5, 0.6) is 5.75 Å². The second-order valence-electron chi connectivity index (χ2n) is 5.97. The van der Waals surface area contributed by atoms with Crippen LogP contribution in [0.1, 0.15) is 12.5 Å². The third-order valence-electron chi connectivity index (χ3n) is 4.07. The first-order valence-corrected chi connectivity index (χ1v) is 8.13. The van der Waals surface area contributed by atoms with E-state index in [9.17, 15) is 0 Å². The van der Waals surface area contributed by atoms with Crippen molar-refractivity contribution in [3.63, 3.8) is 0 Å². The van der Waals surface area contributed by atoms with Gasteiger partial charge < -0.3 is 14.6 Å². The van der Waals surface area contributed by atoms with E-state index in [0.29, 0.717) is 17.8 Å². The van der Waals surface area contributed by atoms with Crippen LogP contribution in [-0.4, -0.2) is 35.7 Å². The van der Waals surface area contributed by atoms with Gasteiger partial charge in [0.15, 0.2) is 0 Å². The normalized spacial score (nSPS) is 16.4. The van der Waals surface area contributed by atoms with Gasteiger partial charge in [-0.2, -0.15) is 4.98 Å². The molecule has 25 heavy (non-hydrogen) atoms. The van der Waals surface area contributed by atoms with Crippen LogP contribution in [0.15, 0.2) is 58.0 Å². The van der Waals surface area contributed by atoms with Crippen molar-refractivity contribution in [2.45, 2.75) is 13.0 Å². The number of ether oxygens (including phenoxy) is 1. The lowest BCUT2D eigenvalue weighted by atomic mass is 10.1. The van der Waals surface area contributed by atoms with Gasteiger partial charge in [-0.15, -0.1) is 0 Å². The lowest BCUT2D eigenvalue weighted by Gasteiger charge is -2.06. The molecule has 2 aromatic carbocycles. The van der Waals surface area contributed by atoms with Crippen molar-refractivity contribution in [1.82, 2.24) is 15.5 Å². The van der Waals surface area contributed by atoms with E-state index in [1.54, 1.807) is 7.11 Å². The second kappa shape index (κ2) is 6.39. The highest BCUT2D eigenvalue weighted by atomic mass is 16.5. The average Bonchev–Trinajstić information content (AvgIpc) is 3.31. The minimum atomic E-state index is 0.386. The molecule has 1 aliphatic heterocycles. The minimum Gasteiger partial charge on any atom is -0.497 e. The maximum absolute atomic E-state index is 5.40. The van der Waals surface area contributed by atoms with Crippen LogP contribution in [0.4, 0.5) is 0 Å². The summed E-state index contributed by atoms with van der Waals surface area (Å²) >= 11 is 0. The Morgan fingerprint density at radius 1 is 1.08 bits per heavy atom. The standard InChI is InChI=1S/C19H18N4O2/c1-12-11-20-17(21-12)13-6-8-14(9-7-13)18-22-19(25-23-18)15-4-3-5-16(10-15)24-2/h3-10,12H,11H2,1-2H3,(H,20,21). The topological polar surface area (TPSA) is 72.5 Å². The van der Waals surface area contributed by atoms with Gasteiger partial charge in [-0.3, -0.25) is 4.99 Å². The highest BCUT2D eigenvalue weighted by molar-refractivity contribution is 6.00. The molecular formula is C19H18N4O2. The molecule has 0 saturated carbocycles. The number of rotatable bonds is 4. The van der Waals surface area contributed by atoms with Crippen LogP contribution >= 0.6 is 0 Å². The first-order valence-electron chi connectivity index (χ1n) is 8.13. The Hall–Kier alpha value is -3.15. The van der Waals surface area contributed by atoms with Gasteiger partial charge in [-0.05, 0) is 25.1 Å². The lowest BCUT2D eigenvalue weighted by molar-refractivity contribution is 0.413. The van der Waals surface area contributed by atoms with Gasteiger partial charge in [0.25, 0.3) is 5.89 Å². The number of nitrogens with zero attached hydrogens (tertiary/aromatic N) is 3. The summed E-state index contributed by atoms with van der Waals surface area (Å²) < 4.78 is 10.6. The monoisotopic (exact) mass is 334 g/mol. The number of benzene rings is 2. The van der Waals surface area contributed by atoms with Crippen LogP contribution in [0.3, 0.4) is 0 Å². The number of aliphatic imine (C=N–C) groups is 1. The van der Waals surface area contributed by atoms with E-state index in [1.165, 1.54) is 0 Å².